The second kappa shape index (κ2) is 6.44. The first-order chi connectivity index (χ1) is 9.86. The van der Waals surface area contributed by atoms with E-state index in [0.29, 0.717) is 24.5 Å². The van der Waals surface area contributed by atoms with Crippen LogP contribution in [-0.2, 0) is 16.6 Å². The van der Waals surface area contributed by atoms with Crippen LogP contribution in [0.25, 0.3) is 0 Å². The molecule has 5 nitrogen and oxygen atoms in total. The third-order valence-corrected chi connectivity index (χ3v) is 6.11. The van der Waals surface area contributed by atoms with Crippen LogP contribution in [0.4, 0.5) is 0 Å². The number of rotatable bonds is 4. The predicted molar refractivity (Wildman–Crippen MR) is 84.8 cm³/mol. The highest BCUT2D eigenvalue weighted by Crippen LogP contribution is 2.22. The summed E-state index contributed by atoms with van der Waals surface area (Å²) in [6, 6.07) is 5.64. The number of aryl methyl sites for hydroxylation is 1. The van der Waals surface area contributed by atoms with Crippen LogP contribution in [0, 0.1) is 6.92 Å². The van der Waals surface area contributed by atoms with Crippen LogP contribution in [0.5, 0.6) is 0 Å². The molecule has 1 unspecified atom stereocenters. The Hall–Kier alpha value is -0.950. The van der Waals surface area contributed by atoms with Crippen LogP contribution in [0.2, 0.25) is 0 Å². The number of piperazine rings is 1. The molecule has 1 aliphatic heterocycles. The molecule has 1 aromatic rings. The summed E-state index contributed by atoms with van der Waals surface area (Å²) in [6.07, 6.45) is 0. The van der Waals surface area contributed by atoms with Crippen molar-refractivity contribution in [2.24, 2.45) is 0 Å². The minimum atomic E-state index is -3.40. The number of benzene rings is 1. The van der Waals surface area contributed by atoms with E-state index in [4.69, 9.17) is 0 Å². The van der Waals surface area contributed by atoms with Crippen molar-refractivity contribution in [3.05, 3.63) is 29.3 Å². The number of hydrogen-bond acceptors (Lipinski definition) is 4. The van der Waals surface area contributed by atoms with Gasteiger partial charge in [0.05, 0.1) is 4.90 Å². The van der Waals surface area contributed by atoms with Crippen molar-refractivity contribution in [2.45, 2.75) is 31.3 Å². The van der Waals surface area contributed by atoms with Crippen molar-refractivity contribution in [2.75, 3.05) is 33.7 Å². The van der Waals surface area contributed by atoms with Gasteiger partial charge in [-0.05, 0) is 51.2 Å². The van der Waals surface area contributed by atoms with Crippen molar-refractivity contribution >= 4 is 10.0 Å². The number of sulfonamides is 1. The summed E-state index contributed by atoms with van der Waals surface area (Å²) in [5, 5.41) is 3.08. The van der Waals surface area contributed by atoms with Gasteiger partial charge in [-0.25, -0.2) is 8.42 Å². The van der Waals surface area contributed by atoms with Crippen LogP contribution in [0.15, 0.2) is 23.1 Å². The number of hydrogen-bond donors (Lipinski definition) is 1. The van der Waals surface area contributed by atoms with Gasteiger partial charge in [0.2, 0.25) is 10.0 Å². The summed E-state index contributed by atoms with van der Waals surface area (Å²) in [7, 11) is 0.500. The third-order valence-electron chi connectivity index (χ3n) is 4.25. The van der Waals surface area contributed by atoms with Crippen molar-refractivity contribution in [1.29, 1.82) is 0 Å². The molecule has 0 aliphatic carbocycles. The maximum absolute atomic E-state index is 12.8. The quantitative estimate of drug-likeness (QED) is 0.903. The van der Waals surface area contributed by atoms with Crippen molar-refractivity contribution < 1.29 is 8.42 Å². The summed E-state index contributed by atoms with van der Waals surface area (Å²) in [6.45, 7) is 6.61. The molecule has 2 rings (SSSR count). The van der Waals surface area contributed by atoms with Gasteiger partial charge in [0, 0.05) is 32.2 Å². The summed E-state index contributed by atoms with van der Waals surface area (Å²) in [5.74, 6) is 0. The van der Waals surface area contributed by atoms with E-state index in [1.54, 1.807) is 16.4 Å². The number of nitrogens with zero attached hydrogens (tertiary/aromatic N) is 2. The molecular formula is C15H25N3O2S. The zero-order valence-electron chi connectivity index (χ0n) is 13.3. The molecule has 1 fully saturated rings. The van der Waals surface area contributed by atoms with E-state index >= 15 is 0 Å². The molecule has 1 aliphatic rings. The molecule has 118 valence electrons. The van der Waals surface area contributed by atoms with Crippen LogP contribution < -0.4 is 5.32 Å². The summed E-state index contributed by atoms with van der Waals surface area (Å²) in [4.78, 5) is 2.59. The standard InChI is InChI=1S/C15H25N3O2S/c1-12-5-6-15(9-14(12)10-16-3)21(19,20)18-8-7-17(4)13(2)11-18/h5-6,9,13,16H,7-8,10-11H2,1-4H3. The first-order valence-corrected chi connectivity index (χ1v) is 8.74. The SMILES string of the molecule is CNCc1cc(S(=O)(=O)N2CCN(C)C(C)C2)ccc1C. The van der Waals surface area contributed by atoms with Crippen molar-refractivity contribution in [3.8, 4) is 0 Å². The molecule has 0 saturated carbocycles. The van der Waals surface area contributed by atoms with E-state index < -0.39 is 10.0 Å². The maximum Gasteiger partial charge on any atom is 0.243 e. The fourth-order valence-electron chi connectivity index (χ4n) is 2.57. The topological polar surface area (TPSA) is 52.7 Å². The molecule has 0 bridgehead atoms. The van der Waals surface area contributed by atoms with E-state index in [9.17, 15) is 8.42 Å². The van der Waals surface area contributed by atoms with Crippen molar-refractivity contribution in [3.63, 3.8) is 0 Å². The third kappa shape index (κ3) is 3.45. The molecule has 6 heteroatoms. The van der Waals surface area contributed by atoms with Gasteiger partial charge in [0.1, 0.15) is 0 Å². The molecule has 0 amide bonds. The second-order valence-corrected chi connectivity index (χ2v) is 7.75. The Morgan fingerprint density at radius 3 is 2.67 bits per heavy atom. The maximum atomic E-state index is 12.8. The predicted octanol–water partition coefficient (Wildman–Crippen LogP) is 1.04. The minimum Gasteiger partial charge on any atom is -0.316 e. The van der Waals surface area contributed by atoms with Gasteiger partial charge in [-0.1, -0.05) is 6.07 Å². The highest BCUT2D eigenvalue weighted by atomic mass is 32.2. The fourth-order valence-corrected chi connectivity index (χ4v) is 4.13. The lowest BCUT2D eigenvalue weighted by atomic mass is 10.1. The van der Waals surface area contributed by atoms with Gasteiger partial charge in [-0.3, -0.25) is 0 Å². The average molecular weight is 311 g/mol. The number of nitrogens with one attached hydrogen (secondary N) is 1. The highest BCUT2D eigenvalue weighted by molar-refractivity contribution is 7.89. The van der Waals surface area contributed by atoms with Gasteiger partial charge in [0.25, 0.3) is 0 Å². The first kappa shape index (κ1) is 16.4. The van der Waals surface area contributed by atoms with Gasteiger partial charge in [-0.15, -0.1) is 0 Å². The Labute approximate surface area is 128 Å². The van der Waals surface area contributed by atoms with Crippen LogP contribution in [-0.4, -0.2) is 57.4 Å². The zero-order valence-corrected chi connectivity index (χ0v) is 14.1. The highest BCUT2D eigenvalue weighted by Gasteiger charge is 2.30. The Morgan fingerprint density at radius 1 is 1.33 bits per heavy atom. The molecule has 1 aromatic carbocycles. The summed E-state index contributed by atoms with van der Waals surface area (Å²) >= 11 is 0. The molecular weight excluding hydrogens is 286 g/mol. The largest absolute Gasteiger partial charge is 0.316 e. The smallest absolute Gasteiger partial charge is 0.243 e. The van der Waals surface area contributed by atoms with E-state index in [1.165, 1.54) is 0 Å². The van der Waals surface area contributed by atoms with Gasteiger partial charge < -0.3 is 10.2 Å². The van der Waals surface area contributed by atoms with E-state index in [0.717, 1.165) is 17.7 Å². The molecule has 1 N–H and O–H groups in total. The Morgan fingerprint density at radius 2 is 2.05 bits per heavy atom. The molecule has 1 atom stereocenters. The van der Waals surface area contributed by atoms with Crippen molar-refractivity contribution in [1.82, 2.24) is 14.5 Å². The monoisotopic (exact) mass is 311 g/mol. The Balaban J connectivity index is 2.29. The lowest BCUT2D eigenvalue weighted by Gasteiger charge is -2.36. The molecule has 21 heavy (non-hydrogen) atoms. The normalized spacial score (nSPS) is 21.6. The average Bonchev–Trinajstić information content (AvgIpc) is 2.44. The number of likely N-dealkylation sites (N-methyl/N-ethyl adjacent to an activating group) is 1. The molecule has 0 aromatic heterocycles. The molecule has 1 saturated heterocycles. The zero-order chi connectivity index (χ0) is 15.6. The Kier molecular flexibility index (Phi) is 5.03. The summed E-state index contributed by atoms with van der Waals surface area (Å²) in [5.41, 5.74) is 2.13. The molecule has 1 heterocycles. The van der Waals surface area contributed by atoms with E-state index in [-0.39, 0.29) is 6.04 Å². The molecule has 0 spiro atoms. The summed E-state index contributed by atoms with van der Waals surface area (Å²) < 4.78 is 27.2. The van der Waals surface area contributed by atoms with E-state index in [1.807, 2.05) is 27.1 Å². The fraction of sp³-hybridized carbons (Fsp3) is 0.600. The van der Waals surface area contributed by atoms with Crippen LogP contribution >= 0.6 is 0 Å². The first-order valence-electron chi connectivity index (χ1n) is 7.30. The van der Waals surface area contributed by atoms with Gasteiger partial charge in [-0.2, -0.15) is 4.31 Å². The lowest BCUT2D eigenvalue weighted by Crippen LogP contribution is -2.51. The van der Waals surface area contributed by atoms with Crippen LogP contribution in [0.1, 0.15) is 18.1 Å². The Bertz CT molecular complexity index is 601. The van der Waals surface area contributed by atoms with Gasteiger partial charge >= 0.3 is 0 Å². The minimum absolute atomic E-state index is 0.246. The van der Waals surface area contributed by atoms with Gasteiger partial charge in [0.15, 0.2) is 0 Å². The second-order valence-electron chi connectivity index (χ2n) is 5.81. The molecule has 0 radical (unpaired) electrons. The lowest BCUT2D eigenvalue weighted by molar-refractivity contribution is 0.159. The van der Waals surface area contributed by atoms with Crippen LogP contribution in [0.3, 0.4) is 0 Å². The van der Waals surface area contributed by atoms with E-state index in [2.05, 4.69) is 17.1 Å².